The average molecular weight is 567 g/mol. The van der Waals surface area contributed by atoms with Crippen LogP contribution in [0.25, 0.3) is 44.9 Å². The number of aromatic nitrogens is 8. The van der Waals surface area contributed by atoms with E-state index < -0.39 is 0 Å². The van der Waals surface area contributed by atoms with Crippen molar-refractivity contribution in [1.29, 1.82) is 0 Å². The molecule has 2 aliphatic rings. The molecule has 2 N–H and O–H groups in total. The summed E-state index contributed by atoms with van der Waals surface area (Å²) in [4.78, 5) is 37.8. The van der Waals surface area contributed by atoms with Gasteiger partial charge in [0, 0.05) is 33.4 Å². The van der Waals surface area contributed by atoms with E-state index in [0.29, 0.717) is 0 Å². The highest BCUT2D eigenvalue weighted by atomic mass is 15.1. The van der Waals surface area contributed by atoms with Crippen LogP contribution in [0.4, 0.5) is 0 Å². The molecule has 0 atom stereocenters. The number of aryl methyl sites for hydroxylation is 2. The van der Waals surface area contributed by atoms with Crippen LogP contribution in [0.1, 0.15) is 140 Å². The van der Waals surface area contributed by atoms with Crippen LogP contribution < -0.4 is 0 Å². The zero-order chi connectivity index (χ0) is 29.6. The summed E-state index contributed by atoms with van der Waals surface area (Å²) in [5.41, 5.74) is 10.6. The van der Waals surface area contributed by atoms with Crippen molar-refractivity contribution in [3.8, 4) is 0 Å². The van der Waals surface area contributed by atoms with Crippen molar-refractivity contribution in [3.05, 3.63) is 46.6 Å². The van der Waals surface area contributed by atoms with Crippen molar-refractivity contribution in [1.82, 2.24) is 39.9 Å². The molecule has 5 heterocycles. The van der Waals surface area contributed by atoms with Gasteiger partial charge in [-0.25, -0.2) is 29.9 Å². The van der Waals surface area contributed by atoms with E-state index in [1.807, 2.05) is 12.1 Å². The minimum atomic E-state index is 0.748. The van der Waals surface area contributed by atoms with Gasteiger partial charge in [0.2, 0.25) is 0 Å². The fraction of sp³-hybridized carbons (Fsp3) is 0.529. The van der Waals surface area contributed by atoms with E-state index in [1.165, 1.54) is 33.4 Å². The van der Waals surface area contributed by atoms with Crippen LogP contribution in [-0.4, -0.2) is 39.9 Å². The van der Waals surface area contributed by atoms with E-state index in [9.17, 15) is 0 Å². The quantitative estimate of drug-likeness (QED) is 0.227. The molecule has 3 aromatic rings. The first kappa shape index (κ1) is 29.8. The predicted molar refractivity (Wildman–Crippen MR) is 173 cm³/mol. The number of fused-ring (bicyclic) bond motifs is 8. The van der Waals surface area contributed by atoms with Gasteiger partial charge >= 0.3 is 0 Å². The molecule has 8 heteroatoms. The third-order valence-electron chi connectivity index (χ3n) is 7.95. The van der Waals surface area contributed by atoms with Crippen LogP contribution in [-0.2, 0) is 12.8 Å². The normalized spacial score (nSPS) is 13.5. The standard InChI is InChI=1S/C34H46N8/c1-7-13-21-23(15-9-3)31-38-29(21)36-27-19-20-28(35-27)37-30-22(14-8-2)24(16-10-4)32(39-30)41-34-26(18-12-6)25(17-11-5)33(40-31)42-34/h19-20H,7-18H2,1-6H3,(H2,35,36,37,38,39,40,41,42). The van der Waals surface area contributed by atoms with Gasteiger partial charge in [-0.2, -0.15) is 0 Å². The van der Waals surface area contributed by atoms with Crippen molar-refractivity contribution in [2.24, 2.45) is 0 Å². The molecule has 8 bridgehead atoms. The molecule has 2 aliphatic heterocycles. The lowest BCUT2D eigenvalue weighted by Crippen LogP contribution is -1.94. The van der Waals surface area contributed by atoms with Gasteiger partial charge in [-0.3, -0.25) is 0 Å². The SMILES string of the molecule is CCCC1=C(CCC)c2nc1nc1nc(nc3[nH]c(nc4ccc(n2)[nH]4)c(CCC)c3CCC)C(CCC)=C1CCC. The van der Waals surface area contributed by atoms with Crippen molar-refractivity contribution in [3.63, 3.8) is 0 Å². The molecular weight excluding hydrogens is 520 g/mol. The molecule has 3 aromatic heterocycles. The first-order valence-corrected chi connectivity index (χ1v) is 16.2. The molecular formula is C34H46N8. The van der Waals surface area contributed by atoms with Crippen LogP contribution in [0.15, 0.2) is 12.1 Å². The second-order valence-corrected chi connectivity index (χ2v) is 11.4. The zero-order valence-electron chi connectivity index (χ0n) is 26.3. The Bertz CT molecular complexity index is 1650. The van der Waals surface area contributed by atoms with Gasteiger partial charge in [0.25, 0.3) is 0 Å². The Morgan fingerprint density at radius 1 is 0.405 bits per heavy atom. The third-order valence-corrected chi connectivity index (χ3v) is 7.95. The molecule has 222 valence electrons. The second-order valence-electron chi connectivity index (χ2n) is 11.4. The minimum absolute atomic E-state index is 0.748. The molecule has 0 saturated carbocycles. The molecule has 0 fully saturated rings. The summed E-state index contributed by atoms with van der Waals surface area (Å²) in [6.45, 7) is 13.3. The lowest BCUT2D eigenvalue weighted by molar-refractivity contribution is 0.873. The summed E-state index contributed by atoms with van der Waals surface area (Å²) in [5, 5.41) is 0. The van der Waals surface area contributed by atoms with Gasteiger partial charge in [0.05, 0.1) is 0 Å². The number of hydrogen-bond donors (Lipinski definition) is 2. The van der Waals surface area contributed by atoms with E-state index in [4.69, 9.17) is 29.9 Å². The Labute approximate surface area is 249 Å². The van der Waals surface area contributed by atoms with Crippen LogP contribution in [0.3, 0.4) is 0 Å². The van der Waals surface area contributed by atoms with Crippen LogP contribution >= 0.6 is 0 Å². The largest absolute Gasteiger partial charge is 0.325 e. The molecule has 0 unspecified atom stereocenters. The second kappa shape index (κ2) is 13.5. The Hall–Kier alpha value is -3.68. The van der Waals surface area contributed by atoms with Gasteiger partial charge in [0.1, 0.15) is 22.6 Å². The van der Waals surface area contributed by atoms with E-state index >= 15 is 0 Å². The predicted octanol–water partition coefficient (Wildman–Crippen LogP) is 8.82. The van der Waals surface area contributed by atoms with Gasteiger partial charge in [0.15, 0.2) is 23.3 Å². The molecule has 0 amide bonds. The van der Waals surface area contributed by atoms with E-state index in [1.54, 1.807) is 0 Å². The topological polar surface area (TPSA) is 109 Å². The number of rotatable bonds is 12. The first-order valence-electron chi connectivity index (χ1n) is 16.2. The van der Waals surface area contributed by atoms with Crippen LogP contribution in [0.2, 0.25) is 0 Å². The van der Waals surface area contributed by atoms with Gasteiger partial charge < -0.3 is 9.97 Å². The third kappa shape index (κ3) is 5.94. The molecule has 0 saturated heterocycles. The molecule has 0 radical (unpaired) electrons. The number of hydrogen-bond acceptors (Lipinski definition) is 6. The van der Waals surface area contributed by atoms with Crippen LogP contribution in [0.5, 0.6) is 0 Å². The molecule has 0 aromatic carbocycles. The monoisotopic (exact) mass is 566 g/mol. The van der Waals surface area contributed by atoms with Gasteiger partial charge in [-0.15, -0.1) is 0 Å². The average Bonchev–Trinajstić information content (AvgIpc) is 3.70. The summed E-state index contributed by atoms with van der Waals surface area (Å²) in [5.74, 6) is 3.05. The minimum Gasteiger partial charge on any atom is -0.325 e. The summed E-state index contributed by atoms with van der Waals surface area (Å²) >= 11 is 0. The fourth-order valence-electron chi connectivity index (χ4n) is 6.15. The summed E-state index contributed by atoms with van der Waals surface area (Å²) < 4.78 is 0. The van der Waals surface area contributed by atoms with Crippen molar-refractivity contribution in [2.75, 3.05) is 0 Å². The Morgan fingerprint density at radius 2 is 0.762 bits per heavy atom. The number of allylic oxidation sites excluding steroid dienone is 4. The number of H-pyrrole nitrogens is 2. The lowest BCUT2D eigenvalue weighted by Gasteiger charge is -2.06. The van der Waals surface area contributed by atoms with Crippen LogP contribution in [0, 0.1) is 0 Å². The molecule has 0 aliphatic carbocycles. The molecule has 8 nitrogen and oxygen atoms in total. The Morgan fingerprint density at radius 3 is 1.19 bits per heavy atom. The maximum Gasteiger partial charge on any atom is 0.160 e. The van der Waals surface area contributed by atoms with E-state index in [-0.39, 0.29) is 0 Å². The van der Waals surface area contributed by atoms with E-state index in [2.05, 4.69) is 51.5 Å². The molecule has 0 spiro atoms. The number of nitrogens with one attached hydrogen (secondary N) is 2. The fourth-order valence-corrected chi connectivity index (χ4v) is 6.15. The smallest absolute Gasteiger partial charge is 0.160 e. The van der Waals surface area contributed by atoms with Gasteiger partial charge in [-0.1, -0.05) is 80.1 Å². The van der Waals surface area contributed by atoms with Crippen molar-refractivity contribution >= 4 is 44.9 Å². The van der Waals surface area contributed by atoms with E-state index in [0.717, 1.165) is 123 Å². The number of aromatic amines is 2. The summed E-state index contributed by atoms with van der Waals surface area (Å²) in [6, 6.07) is 3.98. The lowest BCUT2D eigenvalue weighted by atomic mass is 10.00. The van der Waals surface area contributed by atoms with Gasteiger partial charge in [-0.05, 0) is 50.7 Å². The highest BCUT2D eigenvalue weighted by Crippen LogP contribution is 2.37. The highest BCUT2D eigenvalue weighted by molar-refractivity contribution is 5.92. The molecule has 5 rings (SSSR count). The Balaban J connectivity index is 1.93. The maximum atomic E-state index is 5.26. The highest BCUT2D eigenvalue weighted by Gasteiger charge is 2.26. The molecule has 42 heavy (non-hydrogen) atoms. The summed E-state index contributed by atoms with van der Waals surface area (Å²) in [6.07, 6.45) is 11.7. The maximum absolute atomic E-state index is 5.26. The Kier molecular flexibility index (Phi) is 9.60. The number of nitrogens with zero attached hydrogens (tertiary/aromatic N) is 6. The zero-order valence-corrected chi connectivity index (χ0v) is 26.3. The first-order chi connectivity index (χ1) is 20.5. The summed E-state index contributed by atoms with van der Waals surface area (Å²) in [7, 11) is 0. The van der Waals surface area contributed by atoms with Crippen molar-refractivity contribution < 1.29 is 0 Å². The van der Waals surface area contributed by atoms with Crippen molar-refractivity contribution in [2.45, 2.75) is 119 Å².